The molecule has 7 heteroatoms. The van der Waals surface area contributed by atoms with E-state index >= 15 is 0 Å². The molecule has 162 valence electrons. The third-order valence-electron chi connectivity index (χ3n) is 4.50. The molecule has 2 aromatic carbocycles. The van der Waals surface area contributed by atoms with Crippen LogP contribution in [0.2, 0.25) is 10.0 Å². The Kier molecular flexibility index (Phi) is 10.0. The van der Waals surface area contributed by atoms with Crippen molar-refractivity contribution < 1.29 is 9.59 Å². The molecule has 30 heavy (non-hydrogen) atoms. The number of thioether (sulfide) groups is 1. The van der Waals surface area contributed by atoms with Gasteiger partial charge >= 0.3 is 0 Å². The van der Waals surface area contributed by atoms with E-state index in [2.05, 4.69) is 5.32 Å². The summed E-state index contributed by atoms with van der Waals surface area (Å²) in [5, 5.41) is 3.95. The summed E-state index contributed by atoms with van der Waals surface area (Å²) in [5.74, 6) is 0.410. The topological polar surface area (TPSA) is 49.4 Å². The summed E-state index contributed by atoms with van der Waals surface area (Å²) in [7, 11) is 0. The highest BCUT2D eigenvalue weighted by atomic mass is 35.5. The van der Waals surface area contributed by atoms with Crippen LogP contribution in [0.1, 0.15) is 39.2 Å². The minimum absolute atomic E-state index is 0.00346. The van der Waals surface area contributed by atoms with Crippen LogP contribution in [0.25, 0.3) is 0 Å². The van der Waals surface area contributed by atoms with Crippen molar-refractivity contribution >= 4 is 46.8 Å². The van der Waals surface area contributed by atoms with Crippen molar-refractivity contribution in [2.75, 3.05) is 5.75 Å². The normalized spacial score (nSPS) is 11.9. The molecular formula is C23H28Cl2N2O2S. The van der Waals surface area contributed by atoms with Gasteiger partial charge in [0.05, 0.1) is 0 Å². The van der Waals surface area contributed by atoms with Crippen molar-refractivity contribution in [2.45, 2.75) is 57.1 Å². The number of nitrogens with zero attached hydrogens (tertiary/aromatic N) is 1. The van der Waals surface area contributed by atoms with Gasteiger partial charge in [-0.1, -0.05) is 54.4 Å². The molecule has 0 aromatic heterocycles. The van der Waals surface area contributed by atoms with Crippen LogP contribution in [-0.4, -0.2) is 34.6 Å². The second-order valence-electron chi connectivity index (χ2n) is 7.26. The van der Waals surface area contributed by atoms with Gasteiger partial charge in [0, 0.05) is 39.7 Å². The Bertz CT molecular complexity index is 846. The minimum Gasteiger partial charge on any atom is -0.352 e. The Morgan fingerprint density at radius 1 is 1.10 bits per heavy atom. The van der Waals surface area contributed by atoms with Crippen molar-refractivity contribution in [3.8, 4) is 0 Å². The second-order valence-corrected chi connectivity index (χ2v) is 9.27. The van der Waals surface area contributed by atoms with Gasteiger partial charge in [-0.3, -0.25) is 9.59 Å². The van der Waals surface area contributed by atoms with Gasteiger partial charge in [0.2, 0.25) is 11.8 Å². The molecule has 0 saturated heterocycles. The van der Waals surface area contributed by atoms with Gasteiger partial charge in [-0.25, -0.2) is 0 Å². The molecule has 0 bridgehead atoms. The van der Waals surface area contributed by atoms with E-state index in [1.807, 2.05) is 51.1 Å². The zero-order valence-corrected chi connectivity index (χ0v) is 19.9. The number of hydrogen-bond donors (Lipinski definition) is 1. The number of nitrogens with one attached hydrogen (secondary N) is 1. The number of carbonyl (C=O) groups excluding carboxylic acids is 2. The summed E-state index contributed by atoms with van der Waals surface area (Å²) in [6, 6.07) is 14.6. The van der Waals surface area contributed by atoms with E-state index in [0.717, 1.165) is 10.5 Å². The maximum atomic E-state index is 13.2. The molecule has 1 atom stereocenters. The summed E-state index contributed by atoms with van der Waals surface area (Å²) in [5.41, 5.74) is 0.765. The lowest BCUT2D eigenvalue weighted by molar-refractivity contribution is -0.141. The van der Waals surface area contributed by atoms with Crippen LogP contribution in [-0.2, 0) is 16.1 Å². The predicted molar refractivity (Wildman–Crippen MR) is 126 cm³/mol. The number of carbonyl (C=O) groups is 2. The molecule has 1 N–H and O–H groups in total. The first-order valence-electron chi connectivity index (χ1n) is 10.0. The lowest BCUT2D eigenvalue weighted by atomic mass is 10.1. The van der Waals surface area contributed by atoms with Crippen molar-refractivity contribution in [3.63, 3.8) is 0 Å². The molecule has 4 nitrogen and oxygen atoms in total. The largest absolute Gasteiger partial charge is 0.352 e. The van der Waals surface area contributed by atoms with Crippen LogP contribution in [0, 0.1) is 0 Å². The van der Waals surface area contributed by atoms with Gasteiger partial charge in [-0.15, -0.1) is 11.8 Å². The van der Waals surface area contributed by atoms with Crippen LogP contribution in [0.4, 0.5) is 0 Å². The molecule has 0 radical (unpaired) electrons. The van der Waals surface area contributed by atoms with E-state index in [0.29, 0.717) is 28.6 Å². The zero-order valence-electron chi connectivity index (χ0n) is 17.5. The van der Waals surface area contributed by atoms with Gasteiger partial charge < -0.3 is 10.2 Å². The van der Waals surface area contributed by atoms with Crippen LogP contribution in [0.3, 0.4) is 0 Å². The second kappa shape index (κ2) is 12.2. The van der Waals surface area contributed by atoms with E-state index in [-0.39, 0.29) is 24.4 Å². The third-order valence-corrected chi connectivity index (χ3v) is 6.10. The van der Waals surface area contributed by atoms with Gasteiger partial charge in [0.25, 0.3) is 0 Å². The standard InChI is InChI=1S/C23H28Cl2N2O2S/c1-4-21(23(29)26-16(2)3)27(15-17-10-11-18(24)14-20(17)25)22(28)12-13-30-19-8-6-5-7-9-19/h5-11,14,16,21H,4,12-13,15H2,1-3H3,(H,26,29)/t21-/m0/s1. The average molecular weight is 467 g/mol. The number of benzene rings is 2. The summed E-state index contributed by atoms with van der Waals surface area (Å²) >= 11 is 14.0. The number of hydrogen-bond acceptors (Lipinski definition) is 3. The SMILES string of the molecule is CC[C@@H](C(=O)NC(C)C)N(Cc1ccc(Cl)cc1Cl)C(=O)CCSc1ccccc1. The Morgan fingerprint density at radius 2 is 1.80 bits per heavy atom. The smallest absolute Gasteiger partial charge is 0.243 e. The fraction of sp³-hybridized carbons (Fsp3) is 0.391. The van der Waals surface area contributed by atoms with Crippen LogP contribution in [0.15, 0.2) is 53.4 Å². The Labute approximate surface area is 193 Å². The first kappa shape index (κ1) is 24.6. The van der Waals surface area contributed by atoms with E-state index in [9.17, 15) is 9.59 Å². The molecule has 0 aliphatic heterocycles. The van der Waals surface area contributed by atoms with Crippen molar-refractivity contribution in [1.29, 1.82) is 0 Å². The first-order valence-corrected chi connectivity index (χ1v) is 11.8. The van der Waals surface area contributed by atoms with Gasteiger partial charge in [-0.05, 0) is 50.1 Å². The quantitative estimate of drug-likeness (QED) is 0.449. The molecule has 2 amide bonds. The molecule has 0 unspecified atom stereocenters. The van der Waals surface area contributed by atoms with Crippen molar-refractivity contribution in [1.82, 2.24) is 10.2 Å². The molecule has 0 fully saturated rings. The van der Waals surface area contributed by atoms with E-state index in [1.165, 1.54) is 0 Å². The predicted octanol–water partition coefficient (Wildman–Crippen LogP) is 5.81. The lowest BCUT2D eigenvalue weighted by Crippen LogP contribution is -2.50. The zero-order chi connectivity index (χ0) is 22.1. The van der Waals surface area contributed by atoms with E-state index in [1.54, 1.807) is 34.9 Å². The monoisotopic (exact) mass is 466 g/mol. The fourth-order valence-corrected chi connectivity index (χ4v) is 4.38. The third kappa shape index (κ3) is 7.53. The molecule has 2 aromatic rings. The molecule has 0 aliphatic rings. The highest BCUT2D eigenvalue weighted by molar-refractivity contribution is 7.99. The first-order chi connectivity index (χ1) is 14.3. The fourth-order valence-electron chi connectivity index (χ4n) is 3.05. The number of amides is 2. The molecule has 0 spiro atoms. The summed E-state index contributed by atoms with van der Waals surface area (Å²) in [4.78, 5) is 28.7. The van der Waals surface area contributed by atoms with E-state index < -0.39 is 6.04 Å². The summed E-state index contributed by atoms with van der Waals surface area (Å²) in [6.07, 6.45) is 0.845. The Balaban J connectivity index is 2.17. The molecular weight excluding hydrogens is 439 g/mol. The lowest BCUT2D eigenvalue weighted by Gasteiger charge is -2.31. The van der Waals surface area contributed by atoms with Gasteiger partial charge in [-0.2, -0.15) is 0 Å². The van der Waals surface area contributed by atoms with E-state index in [4.69, 9.17) is 23.2 Å². The highest BCUT2D eigenvalue weighted by Gasteiger charge is 2.29. The summed E-state index contributed by atoms with van der Waals surface area (Å²) < 4.78 is 0. The maximum absolute atomic E-state index is 13.2. The van der Waals surface area contributed by atoms with Crippen molar-refractivity contribution in [3.05, 3.63) is 64.1 Å². The Morgan fingerprint density at radius 3 is 2.40 bits per heavy atom. The molecule has 0 saturated carbocycles. The molecule has 0 heterocycles. The number of rotatable bonds is 10. The summed E-state index contributed by atoms with van der Waals surface area (Å²) in [6.45, 7) is 5.98. The highest BCUT2D eigenvalue weighted by Crippen LogP contribution is 2.25. The van der Waals surface area contributed by atoms with Crippen LogP contribution in [0.5, 0.6) is 0 Å². The van der Waals surface area contributed by atoms with Gasteiger partial charge in [0.15, 0.2) is 0 Å². The van der Waals surface area contributed by atoms with Gasteiger partial charge in [0.1, 0.15) is 6.04 Å². The van der Waals surface area contributed by atoms with Crippen LogP contribution >= 0.6 is 35.0 Å². The maximum Gasteiger partial charge on any atom is 0.243 e. The minimum atomic E-state index is -0.562. The number of halogens is 2. The average Bonchev–Trinajstić information content (AvgIpc) is 2.69. The van der Waals surface area contributed by atoms with Crippen molar-refractivity contribution in [2.24, 2.45) is 0 Å². The van der Waals surface area contributed by atoms with Crippen LogP contribution < -0.4 is 5.32 Å². The molecule has 2 rings (SSSR count). The Hall–Kier alpha value is -1.69. The molecule has 0 aliphatic carbocycles.